The highest BCUT2D eigenvalue weighted by Gasteiger charge is 2.21. The number of nitrogens with zero attached hydrogens (tertiary/aromatic N) is 3. The van der Waals surface area contributed by atoms with Gasteiger partial charge in [0.25, 0.3) is 0 Å². The fourth-order valence-electron chi connectivity index (χ4n) is 2.12. The third-order valence-corrected chi connectivity index (χ3v) is 3.93. The number of hydrogen-bond donors (Lipinski definition) is 0. The Morgan fingerprint density at radius 3 is 2.63 bits per heavy atom. The van der Waals surface area contributed by atoms with Crippen LogP contribution < -0.4 is 4.90 Å². The molecule has 0 N–H and O–H groups in total. The van der Waals surface area contributed by atoms with E-state index in [4.69, 9.17) is 11.6 Å². The van der Waals surface area contributed by atoms with Gasteiger partial charge in [0.1, 0.15) is 5.82 Å². The molecule has 1 fully saturated rings. The van der Waals surface area contributed by atoms with Crippen molar-refractivity contribution in [3.05, 3.63) is 22.8 Å². The number of carbonyl (C=O) groups excluding carboxylic acids is 1. The van der Waals surface area contributed by atoms with Crippen molar-refractivity contribution in [3.8, 4) is 0 Å². The molecular weight excluding hydrogens is 330 g/mol. The Kier molecular flexibility index (Phi) is 5.45. The van der Waals surface area contributed by atoms with Gasteiger partial charge in [-0.15, -0.1) is 11.6 Å². The van der Waals surface area contributed by atoms with Gasteiger partial charge in [0, 0.05) is 49.1 Å². The number of pyridine rings is 1. The molecule has 0 radical (unpaired) electrons. The average molecular weight is 347 g/mol. The molecule has 104 valence electrons. The summed E-state index contributed by atoms with van der Waals surface area (Å²) in [5.74, 6) is 1.73. The van der Waals surface area contributed by atoms with Crippen molar-refractivity contribution in [1.82, 2.24) is 9.88 Å². The van der Waals surface area contributed by atoms with E-state index < -0.39 is 0 Å². The van der Waals surface area contributed by atoms with Gasteiger partial charge in [-0.2, -0.15) is 0 Å². The van der Waals surface area contributed by atoms with Crippen LogP contribution in [-0.2, 0) is 4.79 Å². The third kappa shape index (κ3) is 4.08. The highest BCUT2D eigenvalue weighted by molar-refractivity contribution is 9.10. The van der Waals surface area contributed by atoms with Crippen LogP contribution in [0.1, 0.15) is 12.8 Å². The SMILES string of the molecule is O=C(CCCCl)N1CCN(c2ccc(Br)cn2)CC1. The lowest BCUT2D eigenvalue weighted by atomic mass is 10.2. The molecule has 1 aromatic rings. The minimum absolute atomic E-state index is 0.212. The van der Waals surface area contributed by atoms with Gasteiger partial charge < -0.3 is 9.80 Å². The normalized spacial score (nSPS) is 15.7. The number of halogens is 2. The molecule has 2 heterocycles. The molecule has 0 atom stereocenters. The summed E-state index contributed by atoms with van der Waals surface area (Å²) in [5, 5.41) is 0. The largest absolute Gasteiger partial charge is 0.353 e. The van der Waals surface area contributed by atoms with E-state index in [0.717, 1.165) is 42.9 Å². The molecule has 4 nitrogen and oxygen atoms in total. The zero-order valence-electron chi connectivity index (χ0n) is 10.7. The van der Waals surface area contributed by atoms with Crippen LogP contribution >= 0.6 is 27.5 Å². The Morgan fingerprint density at radius 2 is 2.05 bits per heavy atom. The van der Waals surface area contributed by atoms with E-state index in [1.807, 2.05) is 17.0 Å². The maximum atomic E-state index is 11.9. The van der Waals surface area contributed by atoms with Crippen molar-refractivity contribution in [2.24, 2.45) is 0 Å². The molecular formula is C13H17BrClN3O. The van der Waals surface area contributed by atoms with E-state index in [9.17, 15) is 4.79 Å². The van der Waals surface area contributed by atoms with E-state index in [2.05, 4.69) is 25.8 Å². The topological polar surface area (TPSA) is 36.4 Å². The second kappa shape index (κ2) is 7.10. The minimum Gasteiger partial charge on any atom is -0.353 e. The van der Waals surface area contributed by atoms with Crippen LogP contribution in [0, 0.1) is 0 Å². The van der Waals surface area contributed by atoms with Crippen LogP contribution in [0.4, 0.5) is 5.82 Å². The molecule has 0 bridgehead atoms. The molecule has 0 aliphatic carbocycles. The van der Waals surface area contributed by atoms with E-state index in [1.54, 1.807) is 6.20 Å². The maximum Gasteiger partial charge on any atom is 0.222 e. The molecule has 1 amide bonds. The standard InChI is InChI=1S/C13H17BrClN3O/c14-11-3-4-12(16-10-11)17-6-8-18(9-7-17)13(19)2-1-5-15/h3-4,10H,1-2,5-9H2. The zero-order valence-corrected chi connectivity index (χ0v) is 13.0. The second-order valence-corrected chi connectivity index (χ2v) is 5.79. The van der Waals surface area contributed by atoms with Crippen molar-refractivity contribution < 1.29 is 4.79 Å². The van der Waals surface area contributed by atoms with Gasteiger partial charge in [0.05, 0.1) is 0 Å². The first kappa shape index (κ1) is 14.6. The van der Waals surface area contributed by atoms with Crippen molar-refractivity contribution in [2.45, 2.75) is 12.8 Å². The number of alkyl halides is 1. The van der Waals surface area contributed by atoms with Crippen molar-refractivity contribution in [3.63, 3.8) is 0 Å². The number of carbonyl (C=O) groups is 1. The molecule has 1 saturated heterocycles. The molecule has 2 rings (SSSR count). The monoisotopic (exact) mass is 345 g/mol. The van der Waals surface area contributed by atoms with Crippen LogP contribution in [0.15, 0.2) is 22.8 Å². The predicted molar refractivity (Wildman–Crippen MR) is 80.7 cm³/mol. The van der Waals surface area contributed by atoms with Crippen LogP contribution in [0.25, 0.3) is 0 Å². The lowest BCUT2D eigenvalue weighted by molar-refractivity contribution is -0.131. The van der Waals surface area contributed by atoms with E-state index in [0.29, 0.717) is 12.3 Å². The van der Waals surface area contributed by atoms with E-state index in [1.165, 1.54) is 0 Å². The van der Waals surface area contributed by atoms with Crippen LogP contribution in [0.5, 0.6) is 0 Å². The Balaban J connectivity index is 1.85. The summed E-state index contributed by atoms with van der Waals surface area (Å²) in [6.45, 7) is 3.19. The molecule has 6 heteroatoms. The predicted octanol–water partition coefficient (Wildman–Crippen LogP) is 2.51. The minimum atomic E-state index is 0.212. The van der Waals surface area contributed by atoms with Gasteiger partial charge in [-0.05, 0) is 34.5 Å². The number of amides is 1. The fourth-order valence-corrected chi connectivity index (χ4v) is 2.48. The van der Waals surface area contributed by atoms with Gasteiger partial charge in [0.2, 0.25) is 5.91 Å². The quantitative estimate of drug-likeness (QED) is 0.786. The van der Waals surface area contributed by atoms with Crippen molar-refractivity contribution in [2.75, 3.05) is 37.0 Å². The number of hydrogen-bond acceptors (Lipinski definition) is 3. The summed E-state index contributed by atoms with van der Waals surface area (Å²) in [6, 6.07) is 3.98. The van der Waals surface area contributed by atoms with Crippen LogP contribution in [0.2, 0.25) is 0 Å². The molecule has 0 saturated carbocycles. The van der Waals surface area contributed by atoms with Gasteiger partial charge in [-0.25, -0.2) is 4.98 Å². The Hall–Kier alpha value is -0.810. The van der Waals surface area contributed by atoms with Gasteiger partial charge in [-0.3, -0.25) is 4.79 Å². The maximum absolute atomic E-state index is 11.9. The number of piperazine rings is 1. The van der Waals surface area contributed by atoms with Crippen LogP contribution in [0.3, 0.4) is 0 Å². The molecule has 0 spiro atoms. The average Bonchev–Trinajstić information content (AvgIpc) is 2.46. The summed E-state index contributed by atoms with van der Waals surface area (Å²) in [5.41, 5.74) is 0. The fraction of sp³-hybridized carbons (Fsp3) is 0.538. The van der Waals surface area contributed by atoms with Crippen molar-refractivity contribution in [1.29, 1.82) is 0 Å². The molecule has 19 heavy (non-hydrogen) atoms. The summed E-state index contributed by atoms with van der Waals surface area (Å²) in [7, 11) is 0. The molecule has 1 aliphatic heterocycles. The number of anilines is 1. The summed E-state index contributed by atoms with van der Waals surface area (Å²) < 4.78 is 0.978. The zero-order chi connectivity index (χ0) is 13.7. The summed E-state index contributed by atoms with van der Waals surface area (Å²) in [6.07, 6.45) is 3.11. The lowest BCUT2D eigenvalue weighted by Crippen LogP contribution is -2.49. The number of rotatable bonds is 4. The first-order valence-electron chi connectivity index (χ1n) is 6.41. The second-order valence-electron chi connectivity index (χ2n) is 4.49. The first-order chi connectivity index (χ1) is 9.20. The van der Waals surface area contributed by atoms with Gasteiger partial charge >= 0.3 is 0 Å². The number of aromatic nitrogens is 1. The van der Waals surface area contributed by atoms with E-state index in [-0.39, 0.29) is 5.91 Å². The molecule has 0 aromatic carbocycles. The van der Waals surface area contributed by atoms with Gasteiger partial charge in [0.15, 0.2) is 0 Å². The Morgan fingerprint density at radius 1 is 1.32 bits per heavy atom. The van der Waals surface area contributed by atoms with Crippen LogP contribution in [-0.4, -0.2) is 47.9 Å². The third-order valence-electron chi connectivity index (χ3n) is 3.19. The lowest BCUT2D eigenvalue weighted by Gasteiger charge is -2.35. The summed E-state index contributed by atoms with van der Waals surface area (Å²) in [4.78, 5) is 20.4. The molecule has 0 unspecified atom stereocenters. The Bertz CT molecular complexity index is 418. The Labute approximate surface area is 126 Å². The highest BCUT2D eigenvalue weighted by Crippen LogP contribution is 2.16. The van der Waals surface area contributed by atoms with Crippen molar-refractivity contribution >= 4 is 39.3 Å². The molecule has 1 aromatic heterocycles. The molecule has 1 aliphatic rings. The van der Waals surface area contributed by atoms with Gasteiger partial charge in [-0.1, -0.05) is 0 Å². The first-order valence-corrected chi connectivity index (χ1v) is 7.73. The summed E-state index contributed by atoms with van der Waals surface area (Å²) >= 11 is 8.99. The smallest absolute Gasteiger partial charge is 0.222 e. The highest BCUT2D eigenvalue weighted by atomic mass is 79.9. The van der Waals surface area contributed by atoms with E-state index >= 15 is 0 Å².